The molecule has 0 saturated carbocycles. The molecule has 96 valence electrons. The summed E-state index contributed by atoms with van der Waals surface area (Å²) < 4.78 is 0. The molecule has 0 aliphatic carbocycles. The molecule has 18 heavy (non-hydrogen) atoms. The lowest BCUT2D eigenvalue weighted by molar-refractivity contribution is 0.907. The molecule has 0 radical (unpaired) electrons. The molecular formula is C16H21NS. The highest BCUT2D eigenvalue weighted by Gasteiger charge is 2.08. The average Bonchev–Trinajstić information content (AvgIpc) is 2.88. The Balaban J connectivity index is 2.08. The Bertz CT molecular complexity index is 501. The van der Waals surface area contributed by atoms with E-state index in [9.17, 15) is 0 Å². The van der Waals surface area contributed by atoms with E-state index < -0.39 is 0 Å². The van der Waals surface area contributed by atoms with Gasteiger partial charge in [0, 0.05) is 15.4 Å². The van der Waals surface area contributed by atoms with Gasteiger partial charge in [-0.15, -0.1) is 11.3 Å². The summed E-state index contributed by atoms with van der Waals surface area (Å²) in [7, 11) is 0. The van der Waals surface area contributed by atoms with E-state index in [4.69, 9.17) is 0 Å². The Labute approximate surface area is 114 Å². The van der Waals surface area contributed by atoms with Gasteiger partial charge < -0.3 is 5.32 Å². The smallest absolute Gasteiger partial charge is 0.0578 e. The maximum absolute atomic E-state index is 3.58. The van der Waals surface area contributed by atoms with Gasteiger partial charge in [0.2, 0.25) is 0 Å². The van der Waals surface area contributed by atoms with Crippen molar-refractivity contribution >= 4 is 17.0 Å². The Morgan fingerprint density at radius 1 is 1.11 bits per heavy atom. The molecule has 0 spiro atoms. The van der Waals surface area contributed by atoms with Crippen LogP contribution in [0.5, 0.6) is 0 Å². The molecule has 0 fully saturated rings. The third kappa shape index (κ3) is 3.14. The lowest BCUT2D eigenvalue weighted by atomic mass is 10.1. The highest BCUT2D eigenvalue weighted by molar-refractivity contribution is 7.12. The predicted octanol–water partition coefficient (Wildman–Crippen LogP) is 5.05. The van der Waals surface area contributed by atoms with Crippen molar-refractivity contribution in [3.63, 3.8) is 0 Å². The van der Waals surface area contributed by atoms with Gasteiger partial charge in [-0.25, -0.2) is 0 Å². The van der Waals surface area contributed by atoms with E-state index in [1.165, 1.54) is 21.0 Å². The summed E-state index contributed by atoms with van der Waals surface area (Å²) in [5.74, 6) is 0. The fourth-order valence-electron chi connectivity index (χ4n) is 2.02. The van der Waals surface area contributed by atoms with Gasteiger partial charge in [-0.1, -0.05) is 26.0 Å². The van der Waals surface area contributed by atoms with Crippen LogP contribution >= 0.6 is 11.3 Å². The predicted molar refractivity (Wildman–Crippen MR) is 81.6 cm³/mol. The molecule has 0 aliphatic rings. The fraction of sp³-hybridized carbons (Fsp3) is 0.375. The average molecular weight is 259 g/mol. The molecule has 1 atom stereocenters. The molecule has 0 aliphatic heterocycles. The minimum absolute atomic E-state index is 0.377. The van der Waals surface area contributed by atoms with Crippen LogP contribution in [-0.2, 0) is 12.8 Å². The first-order valence-corrected chi connectivity index (χ1v) is 7.48. The summed E-state index contributed by atoms with van der Waals surface area (Å²) in [5.41, 5.74) is 2.60. The van der Waals surface area contributed by atoms with Crippen LogP contribution in [0.25, 0.3) is 0 Å². The monoisotopic (exact) mass is 259 g/mol. The van der Waals surface area contributed by atoms with Crippen molar-refractivity contribution in [1.82, 2.24) is 0 Å². The van der Waals surface area contributed by atoms with Crippen LogP contribution in [0.3, 0.4) is 0 Å². The van der Waals surface area contributed by atoms with Crippen LogP contribution in [0.15, 0.2) is 36.4 Å². The van der Waals surface area contributed by atoms with Gasteiger partial charge in [0.25, 0.3) is 0 Å². The van der Waals surface area contributed by atoms with Gasteiger partial charge in [-0.05, 0) is 49.6 Å². The molecule has 2 rings (SSSR count). The number of benzene rings is 1. The molecule has 1 unspecified atom stereocenters. The Hall–Kier alpha value is -1.28. The molecule has 2 heteroatoms. The van der Waals surface area contributed by atoms with Gasteiger partial charge in [-0.3, -0.25) is 0 Å². The molecule has 0 amide bonds. The summed E-state index contributed by atoms with van der Waals surface area (Å²) >= 11 is 1.91. The number of aryl methyl sites for hydroxylation is 2. The van der Waals surface area contributed by atoms with Crippen LogP contribution < -0.4 is 5.32 Å². The number of anilines is 1. The lowest BCUT2D eigenvalue weighted by Gasteiger charge is -2.14. The molecular weight excluding hydrogens is 238 g/mol. The van der Waals surface area contributed by atoms with Gasteiger partial charge in [-0.2, -0.15) is 0 Å². The van der Waals surface area contributed by atoms with Gasteiger partial charge in [0.05, 0.1) is 6.04 Å². The third-order valence-corrected chi connectivity index (χ3v) is 4.59. The summed E-state index contributed by atoms with van der Waals surface area (Å²) in [5, 5.41) is 3.58. The maximum atomic E-state index is 3.58. The zero-order chi connectivity index (χ0) is 13.0. The van der Waals surface area contributed by atoms with E-state index in [0.717, 1.165) is 12.8 Å². The van der Waals surface area contributed by atoms with Crippen molar-refractivity contribution < 1.29 is 0 Å². The van der Waals surface area contributed by atoms with Gasteiger partial charge >= 0.3 is 0 Å². The molecule has 2 aromatic rings. The first kappa shape index (κ1) is 13.2. The van der Waals surface area contributed by atoms with Crippen LogP contribution in [-0.4, -0.2) is 0 Å². The first-order valence-electron chi connectivity index (χ1n) is 6.67. The van der Waals surface area contributed by atoms with Crippen molar-refractivity contribution in [3.05, 3.63) is 51.7 Å². The third-order valence-electron chi connectivity index (χ3n) is 3.18. The number of rotatable bonds is 5. The van der Waals surface area contributed by atoms with E-state index in [1.807, 2.05) is 11.3 Å². The van der Waals surface area contributed by atoms with Crippen LogP contribution in [0.1, 0.15) is 42.1 Å². The second-order valence-electron chi connectivity index (χ2n) is 4.58. The van der Waals surface area contributed by atoms with E-state index in [2.05, 4.69) is 62.5 Å². The van der Waals surface area contributed by atoms with E-state index in [-0.39, 0.29) is 0 Å². The molecule has 0 bridgehead atoms. The zero-order valence-corrected chi connectivity index (χ0v) is 12.2. The molecule has 1 nitrogen and oxygen atoms in total. The van der Waals surface area contributed by atoms with Crippen molar-refractivity contribution in [2.75, 3.05) is 5.32 Å². The lowest BCUT2D eigenvalue weighted by Crippen LogP contribution is -2.04. The summed E-state index contributed by atoms with van der Waals surface area (Å²) in [6.07, 6.45) is 2.21. The quantitative estimate of drug-likeness (QED) is 0.792. The number of hydrogen-bond acceptors (Lipinski definition) is 2. The van der Waals surface area contributed by atoms with Crippen molar-refractivity contribution in [3.8, 4) is 0 Å². The number of hydrogen-bond donors (Lipinski definition) is 1. The van der Waals surface area contributed by atoms with Crippen LogP contribution in [0.4, 0.5) is 5.69 Å². The normalized spacial score (nSPS) is 12.4. The maximum Gasteiger partial charge on any atom is 0.0578 e. The molecule has 1 aromatic carbocycles. The van der Waals surface area contributed by atoms with Crippen molar-refractivity contribution in [2.45, 2.75) is 39.7 Å². The minimum Gasteiger partial charge on any atom is -0.378 e. The second-order valence-corrected chi connectivity index (χ2v) is 5.78. The fourth-order valence-corrected chi connectivity index (χ4v) is 2.97. The number of thiophene rings is 1. The van der Waals surface area contributed by atoms with E-state index >= 15 is 0 Å². The zero-order valence-electron chi connectivity index (χ0n) is 11.4. The first-order chi connectivity index (χ1) is 8.72. The Morgan fingerprint density at radius 2 is 1.94 bits per heavy atom. The highest BCUT2D eigenvalue weighted by Crippen LogP contribution is 2.26. The minimum atomic E-state index is 0.377. The standard InChI is InChI=1S/C16H21NS/c1-4-13-7-6-8-14(11-13)17-12(3)16-10-9-15(5-2)18-16/h6-12,17H,4-5H2,1-3H3. The summed E-state index contributed by atoms with van der Waals surface area (Å²) in [6, 6.07) is 13.5. The van der Waals surface area contributed by atoms with Crippen LogP contribution in [0.2, 0.25) is 0 Å². The molecule has 1 aromatic heterocycles. The molecule has 1 N–H and O–H groups in total. The van der Waals surface area contributed by atoms with Gasteiger partial charge in [0.1, 0.15) is 0 Å². The summed E-state index contributed by atoms with van der Waals surface area (Å²) in [4.78, 5) is 2.87. The Morgan fingerprint density at radius 3 is 2.61 bits per heavy atom. The van der Waals surface area contributed by atoms with Crippen molar-refractivity contribution in [1.29, 1.82) is 0 Å². The van der Waals surface area contributed by atoms with Gasteiger partial charge in [0.15, 0.2) is 0 Å². The summed E-state index contributed by atoms with van der Waals surface area (Å²) in [6.45, 7) is 6.62. The Kier molecular flexibility index (Phi) is 4.43. The SMILES string of the molecule is CCc1cccc(NC(C)c2ccc(CC)s2)c1. The molecule has 0 saturated heterocycles. The van der Waals surface area contributed by atoms with Crippen molar-refractivity contribution in [2.24, 2.45) is 0 Å². The highest BCUT2D eigenvalue weighted by atomic mass is 32.1. The second kappa shape index (κ2) is 6.05. The van der Waals surface area contributed by atoms with E-state index in [1.54, 1.807) is 0 Å². The largest absolute Gasteiger partial charge is 0.378 e. The molecule has 1 heterocycles. The number of nitrogens with one attached hydrogen (secondary N) is 1. The van der Waals surface area contributed by atoms with E-state index in [0.29, 0.717) is 6.04 Å². The topological polar surface area (TPSA) is 12.0 Å². The van der Waals surface area contributed by atoms with Crippen LogP contribution in [0, 0.1) is 0 Å².